The maximum atomic E-state index is 13.4. The van der Waals surface area contributed by atoms with Gasteiger partial charge in [0.2, 0.25) is 5.91 Å². The summed E-state index contributed by atoms with van der Waals surface area (Å²) in [5.41, 5.74) is -0.757. The molecule has 1 saturated heterocycles. The predicted molar refractivity (Wildman–Crippen MR) is 90.4 cm³/mol. The zero-order valence-electron chi connectivity index (χ0n) is 14.7. The van der Waals surface area contributed by atoms with Crippen LogP contribution in [-0.2, 0) is 10.3 Å². The average molecular weight is 362 g/mol. The lowest BCUT2D eigenvalue weighted by Gasteiger charge is -2.42. The fourth-order valence-electron chi connectivity index (χ4n) is 3.37. The lowest BCUT2D eigenvalue weighted by Crippen LogP contribution is -2.55. The van der Waals surface area contributed by atoms with Crippen molar-refractivity contribution in [1.82, 2.24) is 19.6 Å². The van der Waals surface area contributed by atoms with Crippen molar-refractivity contribution >= 4 is 11.8 Å². The van der Waals surface area contributed by atoms with Gasteiger partial charge in [0, 0.05) is 45.1 Å². The Hall–Kier alpha value is -2.77. The van der Waals surface area contributed by atoms with Crippen LogP contribution in [0.1, 0.15) is 23.2 Å². The number of amides is 2. The van der Waals surface area contributed by atoms with Gasteiger partial charge < -0.3 is 9.80 Å². The molecule has 0 bridgehead atoms. The van der Waals surface area contributed by atoms with E-state index in [1.54, 1.807) is 42.1 Å². The van der Waals surface area contributed by atoms with E-state index in [1.165, 1.54) is 11.0 Å². The molecular weight excluding hydrogens is 342 g/mol. The Morgan fingerprint density at radius 3 is 2.38 bits per heavy atom. The van der Waals surface area contributed by atoms with E-state index in [0.717, 1.165) is 12.1 Å². The smallest absolute Gasteiger partial charge is 0.253 e. The summed E-state index contributed by atoms with van der Waals surface area (Å²) >= 11 is 0. The highest BCUT2D eigenvalue weighted by atomic mass is 19.2. The van der Waals surface area contributed by atoms with E-state index >= 15 is 0 Å². The van der Waals surface area contributed by atoms with Crippen LogP contribution in [-0.4, -0.2) is 58.6 Å². The van der Waals surface area contributed by atoms with E-state index in [9.17, 15) is 18.4 Å². The third kappa shape index (κ3) is 3.07. The second-order valence-electron chi connectivity index (χ2n) is 6.60. The first kappa shape index (κ1) is 18.0. The molecule has 26 heavy (non-hydrogen) atoms. The normalized spacial score (nSPS) is 16.4. The molecule has 8 heteroatoms. The molecule has 0 aliphatic carbocycles. The van der Waals surface area contributed by atoms with Crippen molar-refractivity contribution < 1.29 is 18.4 Å². The zero-order valence-corrected chi connectivity index (χ0v) is 14.7. The van der Waals surface area contributed by atoms with Crippen LogP contribution in [0, 0.1) is 11.6 Å². The molecule has 0 N–H and O–H groups in total. The summed E-state index contributed by atoms with van der Waals surface area (Å²) in [5, 5.41) is 4.24. The summed E-state index contributed by atoms with van der Waals surface area (Å²) in [6, 6.07) is 4.86. The fourth-order valence-corrected chi connectivity index (χ4v) is 3.37. The Kier molecular flexibility index (Phi) is 4.76. The van der Waals surface area contributed by atoms with Gasteiger partial charge in [-0.15, -0.1) is 0 Å². The fraction of sp³-hybridized carbons (Fsp3) is 0.389. The Morgan fingerprint density at radius 2 is 1.85 bits per heavy atom. The van der Waals surface area contributed by atoms with Gasteiger partial charge in [0.15, 0.2) is 11.6 Å². The molecule has 0 atom stereocenters. The number of piperidine rings is 1. The number of carbonyl (C=O) groups excluding carboxylic acids is 2. The standard InChI is InChI=1S/C18H20F2N4O2/c1-22(2)17(26)18(24-9-3-8-21-24)6-10-23(11-7-18)16(25)13-4-5-14(19)15(20)12-13/h3-5,8-9,12H,6-7,10-11H2,1-2H3. The molecule has 1 aliphatic heterocycles. The first-order valence-electron chi connectivity index (χ1n) is 8.31. The summed E-state index contributed by atoms with van der Waals surface area (Å²) in [6.45, 7) is 0.633. The highest BCUT2D eigenvalue weighted by Crippen LogP contribution is 2.32. The van der Waals surface area contributed by atoms with Crippen LogP contribution in [0.4, 0.5) is 8.78 Å². The van der Waals surface area contributed by atoms with Crippen molar-refractivity contribution in [3.8, 4) is 0 Å². The third-order valence-corrected chi connectivity index (χ3v) is 4.79. The first-order valence-corrected chi connectivity index (χ1v) is 8.31. The molecular formula is C18H20F2N4O2. The Labute approximate surface area is 150 Å². The SMILES string of the molecule is CN(C)C(=O)C1(n2cccn2)CCN(C(=O)c2ccc(F)c(F)c2)CC1. The number of rotatable bonds is 3. The summed E-state index contributed by atoms with van der Waals surface area (Å²) < 4.78 is 28.1. The molecule has 3 rings (SSSR count). The van der Waals surface area contributed by atoms with Gasteiger partial charge in [-0.25, -0.2) is 8.78 Å². The summed E-state index contributed by atoms with van der Waals surface area (Å²) in [5.74, 6) is -2.51. The van der Waals surface area contributed by atoms with E-state index < -0.39 is 17.2 Å². The van der Waals surface area contributed by atoms with E-state index in [1.807, 2.05) is 0 Å². The van der Waals surface area contributed by atoms with E-state index in [2.05, 4.69) is 5.10 Å². The molecule has 1 aliphatic rings. The molecule has 1 fully saturated rings. The van der Waals surface area contributed by atoms with Gasteiger partial charge in [-0.2, -0.15) is 5.10 Å². The lowest BCUT2D eigenvalue weighted by atomic mass is 9.86. The number of hydrogen-bond acceptors (Lipinski definition) is 3. The number of likely N-dealkylation sites (N-methyl/N-ethyl adjacent to an activating group) is 1. The van der Waals surface area contributed by atoms with Crippen molar-refractivity contribution in [2.75, 3.05) is 27.2 Å². The topological polar surface area (TPSA) is 58.4 Å². The van der Waals surface area contributed by atoms with Crippen molar-refractivity contribution in [2.45, 2.75) is 18.4 Å². The van der Waals surface area contributed by atoms with E-state index in [-0.39, 0.29) is 17.4 Å². The first-order chi connectivity index (χ1) is 12.3. The highest BCUT2D eigenvalue weighted by molar-refractivity contribution is 5.94. The molecule has 0 radical (unpaired) electrons. The molecule has 0 saturated carbocycles. The van der Waals surface area contributed by atoms with E-state index in [0.29, 0.717) is 25.9 Å². The molecule has 0 spiro atoms. The second-order valence-corrected chi connectivity index (χ2v) is 6.60. The predicted octanol–water partition coefficient (Wildman–Crippen LogP) is 1.88. The number of hydrogen-bond donors (Lipinski definition) is 0. The minimum Gasteiger partial charge on any atom is -0.347 e. The molecule has 1 aromatic carbocycles. The number of carbonyl (C=O) groups is 2. The largest absolute Gasteiger partial charge is 0.347 e. The molecule has 2 amide bonds. The highest BCUT2D eigenvalue weighted by Gasteiger charge is 2.45. The third-order valence-electron chi connectivity index (χ3n) is 4.79. The summed E-state index contributed by atoms with van der Waals surface area (Å²) in [6.07, 6.45) is 4.14. The van der Waals surface area contributed by atoms with Gasteiger partial charge in [0.1, 0.15) is 5.54 Å². The van der Waals surface area contributed by atoms with Gasteiger partial charge >= 0.3 is 0 Å². The Balaban J connectivity index is 1.80. The second kappa shape index (κ2) is 6.86. The van der Waals surface area contributed by atoms with Crippen LogP contribution < -0.4 is 0 Å². The minimum absolute atomic E-state index is 0.0823. The van der Waals surface area contributed by atoms with E-state index in [4.69, 9.17) is 0 Å². The number of benzene rings is 1. The van der Waals surface area contributed by atoms with Gasteiger partial charge in [0.25, 0.3) is 5.91 Å². The Bertz CT molecular complexity index is 813. The van der Waals surface area contributed by atoms with Crippen LogP contribution in [0.5, 0.6) is 0 Å². The molecule has 138 valence electrons. The van der Waals surface area contributed by atoms with Gasteiger partial charge in [-0.1, -0.05) is 0 Å². The number of likely N-dealkylation sites (tertiary alicyclic amines) is 1. The molecule has 6 nitrogen and oxygen atoms in total. The van der Waals surface area contributed by atoms with Crippen LogP contribution >= 0.6 is 0 Å². The monoisotopic (exact) mass is 362 g/mol. The van der Waals surface area contributed by atoms with Crippen molar-refractivity contribution in [2.24, 2.45) is 0 Å². The molecule has 2 heterocycles. The van der Waals surface area contributed by atoms with Crippen LogP contribution in [0.25, 0.3) is 0 Å². The quantitative estimate of drug-likeness (QED) is 0.838. The molecule has 0 unspecified atom stereocenters. The number of aromatic nitrogens is 2. The molecule has 1 aromatic heterocycles. The maximum Gasteiger partial charge on any atom is 0.253 e. The van der Waals surface area contributed by atoms with Crippen molar-refractivity contribution in [3.63, 3.8) is 0 Å². The van der Waals surface area contributed by atoms with Crippen LogP contribution in [0.15, 0.2) is 36.7 Å². The lowest BCUT2D eigenvalue weighted by molar-refractivity contribution is -0.141. The van der Waals surface area contributed by atoms with Crippen LogP contribution in [0.3, 0.4) is 0 Å². The Morgan fingerprint density at radius 1 is 1.15 bits per heavy atom. The van der Waals surface area contributed by atoms with Gasteiger partial charge in [-0.3, -0.25) is 14.3 Å². The van der Waals surface area contributed by atoms with Gasteiger partial charge in [-0.05, 0) is 37.1 Å². The summed E-state index contributed by atoms with van der Waals surface area (Å²) in [4.78, 5) is 28.5. The zero-order chi connectivity index (χ0) is 18.9. The maximum absolute atomic E-state index is 13.4. The minimum atomic E-state index is -1.05. The molecule has 2 aromatic rings. The van der Waals surface area contributed by atoms with Crippen molar-refractivity contribution in [3.05, 3.63) is 53.9 Å². The average Bonchev–Trinajstić information content (AvgIpc) is 3.18. The summed E-state index contributed by atoms with van der Waals surface area (Å²) in [7, 11) is 3.37. The van der Waals surface area contributed by atoms with Gasteiger partial charge in [0.05, 0.1) is 0 Å². The van der Waals surface area contributed by atoms with Crippen molar-refractivity contribution in [1.29, 1.82) is 0 Å². The number of nitrogens with zero attached hydrogens (tertiary/aromatic N) is 4. The van der Waals surface area contributed by atoms with Crippen LogP contribution in [0.2, 0.25) is 0 Å². The number of halogens is 2.